The van der Waals surface area contributed by atoms with E-state index in [1.54, 1.807) is 7.05 Å². The third-order valence-electron chi connectivity index (χ3n) is 2.90. The zero-order valence-electron chi connectivity index (χ0n) is 9.55. The number of hydrogen-bond acceptors (Lipinski definition) is 4. The number of carboxylic acids is 1. The fourth-order valence-corrected chi connectivity index (χ4v) is 2.07. The Hall–Kier alpha value is -1.69. The molecule has 0 aromatic carbocycles. The summed E-state index contributed by atoms with van der Waals surface area (Å²) in [6.45, 7) is 1.25. The van der Waals surface area contributed by atoms with Gasteiger partial charge >= 0.3 is 5.97 Å². The van der Waals surface area contributed by atoms with Crippen LogP contribution < -0.4 is 0 Å². The van der Waals surface area contributed by atoms with Gasteiger partial charge in [0.25, 0.3) is 5.78 Å². The summed E-state index contributed by atoms with van der Waals surface area (Å²) in [7, 11) is 1.68. The van der Waals surface area contributed by atoms with Crippen molar-refractivity contribution in [2.75, 3.05) is 13.2 Å². The summed E-state index contributed by atoms with van der Waals surface area (Å²) in [6, 6.07) is 0. The van der Waals surface area contributed by atoms with Crippen molar-refractivity contribution in [3.8, 4) is 0 Å². The van der Waals surface area contributed by atoms with Crippen molar-refractivity contribution in [1.29, 1.82) is 0 Å². The Morgan fingerprint density at radius 3 is 2.71 bits per heavy atom. The van der Waals surface area contributed by atoms with Crippen molar-refractivity contribution in [3.63, 3.8) is 0 Å². The van der Waals surface area contributed by atoms with Gasteiger partial charge < -0.3 is 9.84 Å². The Labute approximate surface area is 98.2 Å². The van der Waals surface area contributed by atoms with Gasteiger partial charge in [-0.15, -0.1) is 0 Å². The van der Waals surface area contributed by atoms with Crippen LogP contribution in [-0.4, -0.2) is 39.9 Å². The average Bonchev–Trinajstić information content (AvgIpc) is 2.71. The SMILES string of the molecule is Cn1cc(C(=O)C(=O)O)c(C2CCOCC2)n1. The molecule has 6 heteroatoms. The quantitative estimate of drug-likeness (QED) is 0.615. The van der Waals surface area contributed by atoms with Gasteiger partial charge in [0.05, 0.1) is 11.3 Å². The Morgan fingerprint density at radius 1 is 1.47 bits per heavy atom. The first-order valence-electron chi connectivity index (χ1n) is 5.48. The number of Topliss-reactive ketones (excluding diaryl/α,β-unsaturated/α-hetero) is 1. The maximum atomic E-state index is 11.5. The van der Waals surface area contributed by atoms with E-state index >= 15 is 0 Å². The number of ketones is 1. The van der Waals surface area contributed by atoms with E-state index in [-0.39, 0.29) is 11.5 Å². The van der Waals surface area contributed by atoms with Gasteiger partial charge in [0.2, 0.25) is 0 Å². The fourth-order valence-electron chi connectivity index (χ4n) is 2.07. The minimum atomic E-state index is -1.44. The molecule has 6 nitrogen and oxygen atoms in total. The Bertz CT molecular complexity index is 446. The Morgan fingerprint density at radius 2 is 2.12 bits per heavy atom. The number of aromatic nitrogens is 2. The number of carbonyl (C=O) groups excluding carboxylic acids is 1. The largest absolute Gasteiger partial charge is 0.475 e. The maximum absolute atomic E-state index is 11.5. The van der Waals surface area contributed by atoms with Crippen molar-refractivity contribution in [2.24, 2.45) is 7.05 Å². The number of carbonyl (C=O) groups is 2. The van der Waals surface area contributed by atoms with Gasteiger partial charge in [-0.1, -0.05) is 0 Å². The molecular formula is C11H14N2O4. The monoisotopic (exact) mass is 238 g/mol. The van der Waals surface area contributed by atoms with Crippen molar-refractivity contribution in [2.45, 2.75) is 18.8 Å². The van der Waals surface area contributed by atoms with Gasteiger partial charge in [-0.3, -0.25) is 9.48 Å². The molecule has 0 bridgehead atoms. The van der Waals surface area contributed by atoms with E-state index in [0.29, 0.717) is 18.9 Å². The predicted octanol–water partition coefficient (Wildman–Crippen LogP) is 0.581. The standard InChI is InChI=1S/C11H14N2O4/c1-13-6-8(10(14)11(15)16)9(12-13)7-2-4-17-5-3-7/h6-7H,2-5H2,1H3,(H,15,16). The smallest absolute Gasteiger partial charge is 0.377 e. The number of rotatable bonds is 3. The zero-order chi connectivity index (χ0) is 12.4. The van der Waals surface area contributed by atoms with Crippen LogP contribution in [0.5, 0.6) is 0 Å². The minimum absolute atomic E-state index is 0.114. The number of aryl methyl sites for hydroxylation is 1. The lowest BCUT2D eigenvalue weighted by Gasteiger charge is -2.20. The molecule has 0 amide bonds. The van der Waals surface area contributed by atoms with Crippen LogP contribution >= 0.6 is 0 Å². The molecule has 1 fully saturated rings. The lowest BCUT2D eigenvalue weighted by atomic mass is 9.93. The molecule has 1 aliphatic heterocycles. The van der Waals surface area contributed by atoms with Crippen LogP contribution in [0.2, 0.25) is 0 Å². The predicted molar refractivity (Wildman–Crippen MR) is 58.0 cm³/mol. The molecule has 2 rings (SSSR count). The van der Waals surface area contributed by atoms with E-state index in [2.05, 4.69) is 5.10 Å². The van der Waals surface area contributed by atoms with E-state index in [1.807, 2.05) is 0 Å². The van der Waals surface area contributed by atoms with E-state index in [4.69, 9.17) is 9.84 Å². The lowest BCUT2D eigenvalue weighted by Crippen LogP contribution is -2.19. The van der Waals surface area contributed by atoms with E-state index < -0.39 is 11.8 Å². The molecule has 0 atom stereocenters. The summed E-state index contributed by atoms with van der Waals surface area (Å²) >= 11 is 0. The van der Waals surface area contributed by atoms with Crippen molar-refractivity contribution < 1.29 is 19.4 Å². The van der Waals surface area contributed by atoms with Crippen molar-refractivity contribution >= 4 is 11.8 Å². The third-order valence-corrected chi connectivity index (χ3v) is 2.90. The molecule has 0 spiro atoms. The van der Waals surface area contributed by atoms with Crippen LogP contribution in [0.4, 0.5) is 0 Å². The van der Waals surface area contributed by atoms with Gasteiger partial charge in [0, 0.05) is 32.4 Å². The number of hydrogen-bond donors (Lipinski definition) is 1. The third kappa shape index (κ3) is 2.36. The number of nitrogens with zero attached hydrogens (tertiary/aromatic N) is 2. The minimum Gasteiger partial charge on any atom is -0.475 e. The van der Waals surface area contributed by atoms with Gasteiger partial charge in [0.1, 0.15) is 0 Å². The molecule has 0 saturated carbocycles. The average molecular weight is 238 g/mol. The Balaban J connectivity index is 2.32. The molecule has 17 heavy (non-hydrogen) atoms. The first-order valence-corrected chi connectivity index (χ1v) is 5.48. The van der Waals surface area contributed by atoms with Crippen LogP contribution in [0.15, 0.2) is 6.20 Å². The number of aliphatic carboxylic acids is 1. The fraction of sp³-hybridized carbons (Fsp3) is 0.545. The van der Waals surface area contributed by atoms with Crippen LogP contribution in [0.1, 0.15) is 34.8 Å². The van der Waals surface area contributed by atoms with Crippen LogP contribution in [0.25, 0.3) is 0 Å². The summed E-state index contributed by atoms with van der Waals surface area (Å²) in [4.78, 5) is 22.3. The number of carboxylic acid groups (broad SMARTS) is 1. The lowest BCUT2D eigenvalue weighted by molar-refractivity contribution is -0.131. The summed E-state index contributed by atoms with van der Waals surface area (Å²) in [5.41, 5.74) is 0.787. The van der Waals surface area contributed by atoms with Gasteiger partial charge in [0.15, 0.2) is 0 Å². The molecule has 2 heterocycles. The second-order valence-electron chi connectivity index (χ2n) is 4.12. The van der Waals surface area contributed by atoms with E-state index in [0.717, 1.165) is 12.8 Å². The number of ether oxygens (including phenoxy) is 1. The molecule has 1 N–H and O–H groups in total. The van der Waals surface area contributed by atoms with Crippen LogP contribution in [0, 0.1) is 0 Å². The highest BCUT2D eigenvalue weighted by molar-refractivity contribution is 6.40. The van der Waals surface area contributed by atoms with Crippen molar-refractivity contribution in [1.82, 2.24) is 9.78 Å². The molecule has 1 aromatic rings. The van der Waals surface area contributed by atoms with Crippen LogP contribution in [0.3, 0.4) is 0 Å². The maximum Gasteiger partial charge on any atom is 0.377 e. The second kappa shape index (κ2) is 4.67. The van der Waals surface area contributed by atoms with Gasteiger partial charge in [-0.2, -0.15) is 5.10 Å². The molecule has 1 saturated heterocycles. The summed E-state index contributed by atoms with van der Waals surface area (Å²) in [6.07, 6.45) is 3.02. The van der Waals surface area contributed by atoms with Gasteiger partial charge in [-0.05, 0) is 12.8 Å². The van der Waals surface area contributed by atoms with E-state index in [9.17, 15) is 9.59 Å². The molecule has 0 aliphatic carbocycles. The topological polar surface area (TPSA) is 81.4 Å². The molecule has 1 aliphatic rings. The van der Waals surface area contributed by atoms with Gasteiger partial charge in [-0.25, -0.2) is 4.79 Å². The first-order chi connectivity index (χ1) is 8.09. The van der Waals surface area contributed by atoms with Crippen molar-refractivity contribution in [3.05, 3.63) is 17.5 Å². The molecule has 92 valence electrons. The summed E-state index contributed by atoms with van der Waals surface area (Å²) in [5.74, 6) is -2.21. The first kappa shape index (κ1) is 11.8. The molecule has 0 radical (unpaired) electrons. The zero-order valence-corrected chi connectivity index (χ0v) is 9.55. The molecule has 1 aromatic heterocycles. The normalized spacial score (nSPS) is 17.0. The van der Waals surface area contributed by atoms with E-state index in [1.165, 1.54) is 10.9 Å². The Kier molecular flexibility index (Phi) is 3.23. The summed E-state index contributed by atoms with van der Waals surface area (Å²) in [5, 5.41) is 13.0. The molecular weight excluding hydrogens is 224 g/mol. The summed E-state index contributed by atoms with van der Waals surface area (Å²) < 4.78 is 6.73. The highest BCUT2D eigenvalue weighted by Gasteiger charge is 2.27. The van der Waals surface area contributed by atoms with Crippen LogP contribution in [-0.2, 0) is 16.6 Å². The highest BCUT2D eigenvalue weighted by atomic mass is 16.5. The molecule has 0 unspecified atom stereocenters. The second-order valence-corrected chi connectivity index (χ2v) is 4.12. The highest BCUT2D eigenvalue weighted by Crippen LogP contribution is 2.28.